The van der Waals surface area contributed by atoms with E-state index in [0.29, 0.717) is 0 Å². The van der Waals surface area contributed by atoms with Crippen LogP contribution in [0, 0.1) is 10.7 Å². The summed E-state index contributed by atoms with van der Waals surface area (Å²) in [7, 11) is 0. The summed E-state index contributed by atoms with van der Waals surface area (Å²) in [6.07, 6.45) is 30.3. The molecule has 30 heavy (non-hydrogen) atoms. The van der Waals surface area contributed by atoms with Gasteiger partial charge >= 0.3 is 196 Å². The van der Waals surface area contributed by atoms with Crippen LogP contribution in [0.2, 0.25) is 0 Å². The molecular formula is C27H56NPS. The molecule has 0 saturated carbocycles. The zero-order valence-corrected chi connectivity index (χ0v) is 23.1. The first kappa shape index (κ1) is 30.3. The summed E-state index contributed by atoms with van der Waals surface area (Å²) in [5.41, 5.74) is 0. The van der Waals surface area contributed by atoms with Crippen molar-refractivity contribution in [2.45, 2.75) is 143 Å². The number of rotatable bonds is 23. The van der Waals surface area contributed by atoms with Crippen LogP contribution in [0.4, 0.5) is 0 Å². The predicted octanol–water partition coefficient (Wildman–Crippen LogP) is 10.8. The van der Waals surface area contributed by atoms with E-state index in [-0.39, 0.29) is 0 Å². The van der Waals surface area contributed by atoms with Crippen LogP contribution >= 0.6 is 17.2 Å². The monoisotopic (exact) mass is 457 g/mol. The van der Waals surface area contributed by atoms with Gasteiger partial charge in [-0.25, -0.2) is 0 Å². The van der Waals surface area contributed by atoms with Gasteiger partial charge in [0.2, 0.25) is 0 Å². The minimum atomic E-state index is -1.96. The van der Waals surface area contributed by atoms with Gasteiger partial charge in [0.25, 0.3) is 0 Å². The SMILES string of the molecule is CCCCCCCCP(CC)(CCCCCCCC)(CCCCCCCC)SC#N. The Hall–Kier alpha value is 0.270. The Balaban J connectivity index is 4.92. The average Bonchev–Trinajstić information content (AvgIpc) is 2.76. The number of thiocyanates is 1. The average molecular weight is 458 g/mol. The van der Waals surface area contributed by atoms with Crippen molar-refractivity contribution in [1.82, 2.24) is 0 Å². The summed E-state index contributed by atoms with van der Waals surface area (Å²) in [6.45, 7) is 9.34. The van der Waals surface area contributed by atoms with Crippen molar-refractivity contribution < 1.29 is 0 Å². The Morgan fingerprint density at radius 3 is 1.07 bits per heavy atom. The predicted molar refractivity (Wildman–Crippen MR) is 145 cm³/mol. The standard InChI is InChI=1S/C27H56NPS/c1-5-9-12-15-18-21-24-29(8-4,30-27-28,25-22-19-16-13-10-6-2)26-23-20-17-14-11-7-3/h5-26H2,1-4H3. The summed E-state index contributed by atoms with van der Waals surface area (Å²) in [4.78, 5) is 0. The van der Waals surface area contributed by atoms with Gasteiger partial charge < -0.3 is 0 Å². The molecule has 0 amide bonds. The number of hydrogen-bond donors (Lipinski definition) is 0. The number of hydrogen-bond acceptors (Lipinski definition) is 2. The fourth-order valence-corrected chi connectivity index (χ4v) is 13.4. The van der Waals surface area contributed by atoms with Gasteiger partial charge in [0.15, 0.2) is 0 Å². The molecule has 0 fully saturated rings. The molecule has 1 nitrogen and oxygen atoms in total. The third kappa shape index (κ3) is 13.6. The van der Waals surface area contributed by atoms with Crippen LogP contribution in [0.3, 0.4) is 0 Å². The van der Waals surface area contributed by atoms with Crippen LogP contribution in [0.25, 0.3) is 0 Å². The van der Waals surface area contributed by atoms with Gasteiger partial charge in [0.1, 0.15) is 0 Å². The molecule has 0 heterocycles. The van der Waals surface area contributed by atoms with Gasteiger partial charge in [-0.05, 0) is 0 Å². The van der Waals surface area contributed by atoms with E-state index < -0.39 is 5.81 Å². The van der Waals surface area contributed by atoms with Crippen molar-refractivity contribution in [2.24, 2.45) is 0 Å². The van der Waals surface area contributed by atoms with Gasteiger partial charge in [-0.2, -0.15) is 0 Å². The first-order valence-electron chi connectivity index (χ1n) is 13.7. The van der Waals surface area contributed by atoms with E-state index in [2.05, 4.69) is 33.1 Å². The molecule has 0 radical (unpaired) electrons. The molecule has 3 heteroatoms. The Morgan fingerprint density at radius 1 is 0.500 bits per heavy atom. The van der Waals surface area contributed by atoms with Crippen molar-refractivity contribution in [1.29, 1.82) is 5.26 Å². The summed E-state index contributed by atoms with van der Waals surface area (Å²) in [6, 6.07) is 0. The Kier molecular flexibility index (Phi) is 20.1. The molecule has 0 N–H and O–H groups in total. The van der Waals surface area contributed by atoms with Crippen molar-refractivity contribution in [3.8, 4) is 5.40 Å². The molecule has 0 aliphatic heterocycles. The van der Waals surface area contributed by atoms with Crippen LogP contribution in [0.1, 0.15) is 143 Å². The maximum atomic E-state index is 9.86. The van der Waals surface area contributed by atoms with Gasteiger partial charge in [-0.3, -0.25) is 0 Å². The van der Waals surface area contributed by atoms with Crippen LogP contribution in [-0.2, 0) is 0 Å². The van der Waals surface area contributed by atoms with Gasteiger partial charge in [0.05, 0.1) is 0 Å². The zero-order valence-electron chi connectivity index (χ0n) is 21.4. The molecule has 180 valence electrons. The molecule has 0 aromatic rings. The van der Waals surface area contributed by atoms with Crippen molar-refractivity contribution in [2.75, 3.05) is 24.6 Å². The van der Waals surface area contributed by atoms with E-state index in [0.717, 1.165) is 0 Å². The second kappa shape index (κ2) is 19.9. The Morgan fingerprint density at radius 2 is 0.800 bits per heavy atom. The molecule has 0 spiro atoms. The first-order chi connectivity index (χ1) is 14.6. The topological polar surface area (TPSA) is 23.8 Å². The van der Waals surface area contributed by atoms with Crippen LogP contribution in [0.15, 0.2) is 0 Å². The van der Waals surface area contributed by atoms with E-state index in [1.165, 1.54) is 140 Å². The fraction of sp³-hybridized carbons (Fsp3) is 0.963. The summed E-state index contributed by atoms with van der Waals surface area (Å²) < 4.78 is 0. The van der Waals surface area contributed by atoms with Crippen molar-refractivity contribution >= 4 is 17.2 Å². The van der Waals surface area contributed by atoms with Crippen molar-refractivity contribution in [3.05, 3.63) is 0 Å². The fourth-order valence-electron chi connectivity index (χ4n) is 5.00. The van der Waals surface area contributed by atoms with Gasteiger partial charge in [-0.15, -0.1) is 0 Å². The van der Waals surface area contributed by atoms with E-state index in [4.69, 9.17) is 0 Å². The molecule has 0 aromatic heterocycles. The number of unbranched alkanes of at least 4 members (excludes halogenated alkanes) is 15. The third-order valence-electron chi connectivity index (χ3n) is 7.33. The number of nitrogens with zero attached hydrogens (tertiary/aromatic N) is 1. The number of nitriles is 1. The van der Waals surface area contributed by atoms with Crippen LogP contribution in [-0.4, -0.2) is 24.6 Å². The van der Waals surface area contributed by atoms with Crippen molar-refractivity contribution in [3.63, 3.8) is 0 Å². The molecule has 0 bridgehead atoms. The summed E-state index contributed by atoms with van der Waals surface area (Å²) in [5, 5.41) is 12.5. The molecule has 0 aromatic carbocycles. The molecule has 0 aliphatic carbocycles. The minimum absolute atomic E-state index is 1.29. The van der Waals surface area contributed by atoms with E-state index >= 15 is 0 Å². The molecule has 0 unspecified atom stereocenters. The maximum absolute atomic E-state index is 9.86. The second-order valence-electron chi connectivity index (χ2n) is 9.83. The molecule has 0 rings (SSSR count). The van der Waals surface area contributed by atoms with E-state index in [1.54, 1.807) is 0 Å². The Bertz CT molecular complexity index is 374. The zero-order chi connectivity index (χ0) is 22.4. The van der Waals surface area contributed by atoms with Gasteiger partial charge in [-0.1, -0.05) is 0 Å². The van der Waals surface area contributed by atoms with E-state index in [9.17, 15) is 5.26 Å². The molecular weight excluding hydrogens is 401 g/mol. The molecule has 0 atom stereocenters. The second-order valence-corrected chi connectivity index (χ2v) is 19.5. The first-order valence-corrected chi connectivity index (χ1v) is 18.1. The van der Waals surface area contributed by atoms with Gasteiger partial charge in [0, 0.05) is 0 Å². The summed E-state index contributed by atoms with van der Waals surface area (Å²) in [5.74, 6) is -1.96. The Labute approximate surface area is 195 Å². The summed E-state index contributed by atoms with van der Waals surface area (Å²) >= 11 is 1.81. The van der Waals surface area contributed by atoms with E-state index in [1.807, 2.05) is 11.4 Å². The third-order valence-corrected chi connectivity index (χ3v) is 18.1. The molecule has 0 aliphatic rings. The quantitative estimate of drug-likeness (QED) is 0.0865. The normalized spacial score (nSPS) is 13.1. The van der Waals surface area contributed by atoms with Crippen LogP contribution < -0.4 is 0 Å². The van der Waals surface area contributed by atoms with Crippen LogP contribution in [0.5, 0.6) is 0 Å². The molecule has 0 saturated heterocycles.